The summed E-state index contributed by atoms with van der Waals surface area (Å²) in [7, 11) is 0. The molecular formula is C10H18N2OS. The van der Waals surface area contributed by atoms with E-state index < -0.39 is 0 Å². The molecule has 0 aromatic carbocycles. The van der Waals surface area contributed by atoms with Crippen LogP contribution in [0.5, 0.6) is 0 Å². The van der Waals surface area contributed by atoms with Crippen LogP contribution in [0.25, 0.3) is 0 Å². The lowest BCUT2D eigenvalue weighted by Crippen LogP contribution is -2.26. The molecule has 0 aliphatic carbocycles. The molecule has 0 aromatic rings. The molecule has 2 rings (SSSR count). The Labute approximate surface area is 89.7 Å². The summed E-state index contributed by atoms with van der Waals surface area (Å²) in [6.45, 7) is 3.97. The predicted molar refractivity (Wildman–Crippen MR) is 60.9 cm³/mol. The van der Waals surface area contributed by atoms with E-state index in [9.17, 15) is 0 Å². The van der Waals surface area contributed by atoms with Crippen LogP contribution in [0, 0.1) is 0 Å². The molecule has 0 amide bonds. The quantitative estimate of drug-likeness (QED) is 0.775. The van der Waals surface area contributed by atoms with E-state index >= 15 is 0 Å². The highest BCUT2D eigenvalue weighted by Gasteiger charge is 2.19. The Morgan fingerprint density at radius 2 is 2.57 bits per heavy atom. The summed E-state index contributed by atoms with van der Waals surface area (Å²) in [5.74, 6) is 1.17. The molecule has 2 saturated heterocycles. The van der Waals surface area contributed by atoms with E-state index in [1.807, 2.05) is 11.8 Å². The fourth-order valence-corrected chi connectivity index (χ4v) is 2.82. The average Bonchev–Trinajstić information content (AvgIpc) is 2.86. The normalized spacial score (nSPS) is 35.1. The highest BCUT2D eigenvalue weighted by molar-refractivity contribution is 8.14. The zero-order chi connectivity index (χ0) is 9.80. The van der Waals surface area contributed by atoms with Crippen LogP contribution >= 0.6 is 11.8 Å². The highest BCUT2D eigenvalue weighted by atomic mass is 32.2. The van der Waals surface area contributed by atoms with Gasteiger partial charge < -0.3 is 10.1 Å². The van der Waals surface area contributed by atoms with E-state index in [4.69, 9.17) is 4.74 Å². The summed E-state index contributed by atoms with van der Waals surface area (Å²) < 4.78 is 5.52. The topological polar surface area (TPSA) is 33.6 Å². The molecule has 0 aromatic heterocycles. The predicted octanol–water partition coefficient (Wildman–Crippen LogP) is 1.64. The van der Waals surface area contributed by atoms with Crippen LogP contribution in [0.1, 0.15) is 26.2 Å². The molecule has 4 heteroatoms. The standard InChI is InChI=1S/C10H18N2OS/c1-2-8-7-14-10(12-8)11-6-9-4-3-5-13-9/h8-9H,2-7H2,1H3,(H,11,12). The Morgan fingerprint density at radius 3 is 3.21 bits per heavy atom. The maximum atomic E-state index is 5.52. The molecule has 0 spiro atoms. The Hall–Kier alpha value is -0.220. The first-order valence-corrected chi connectivity index (χ1v) is 6.42. The molecule has 14 heavy (non-hydrogen) atoms. The average molecular weight is 214 g/mol. The lowest BCUT2D eigenvalue weighted by molar-refractivity contribution is 0.118. The van der Waals surface area contributed by atoms with Gasteiger partial charge in [-0.25, -0.2) is 0 Å². The van der Waals surface area contributed by atoms with E-state index in [2.05, 4.69) is 17.2 Å². The van der Waals surface area contributed by atoms with Crippen molar-refractivity contribution in [2.75, 3.05) is 18.9 Å². The van der Waals surface area contributed by atoms with Crippen LogP contribution in [-0.2, 0) is 4.74 Å². The fraction of sp³-hybridized carbons (Fsp3) is 0.900. The van der Waals surface area contributed by atoms with Gasteiger partial charge in [0.1, 0.15) is 0 Å². The van der Waals surface area contributed by atoms with Gasteiger partial charge in [-0.2, -0.15) is 0 Å². The molecule has 1 N–H and O–H groups in total. The summed E-state index contributed by atoms with van der Waals surface area (Å²) in [6, 6.07) is 0.628. The van der Waals surface area contributed by atoms with Crippen molar-refractivity contribution in [3.63, 3.8) is 0 Å². The highest BCUT2D eigenvalue weighted by Crippen LogP contribution is 2.17. The molecule has 0 saturated carbocycles. The zero-order valence-electron chi connectivity index (χ0n) is 8.66. The number of nitrogens with one attached hydrogen (secondary N) is 1. The Morgan fingerprint density at radius 1 is 1.64 bits per heavy atom. The van der Waals surface area contributed by atoms with Gasteiger partial charge in [0.15, 0.2) is 5.17 Å². The minimum Gasteiger partial charge on any atom is -0.376 e. The number of amidine groups is 1. The van der Waals surface area contributed by atoms with Crippen molar-refractivity contribution in [2.24, 2.45) is 4.99 Å². The van der Waals surface area contributed by atoms with Crippen molar-refractivity contribution in [3.05, 3.63) is 0 Å². The lowest BCUT2D eigenvalue weighted by atomic mass is 10.2. The number of rotatable bonds is 3. The van der Waals surface area contributed by atoms with Gasteiger partial charge in [-0.15, -0.1) is 0 Å². The van der Waals surface area contributed by atoms with Crippen LogP contribution in [0.4, 0.5) is 0 Å². The van der Waals surface area contributed by atoms with Gasteiger partial charge >= 0.3 is 0 Å². The molecule has 2 fully saturated rings. The van der Waals surface area contributed by atoms with E-state index in [1.165, 1.54) is 25.0 Å². The summed E-state index contributed by atoms with van der Waals surface area (Å²) in [6.07, 6.45) is 3.95. The second-order valence-corrected chi connectivity index (χ2v) is 4.85. The molecule has 3 nitrogen and oxygen atoms in total. The van der Waals surface area contributed by atoms with Gasteiger partial charge in [0.25, 0.3) is 0 Å². The van der Waals surface area contributed by atoms with Crippen LogP contribution in [-0.4, -0.2) is 36.2 Å². The SMILES string of the molecule is CCC1CSC(=NCC2CCCO2)N1. The summed E-state index contributed by atoms with van der Waals surface area (Å²) in [5.41, 5.74) is 0. The number of nitrogens with zero attached hydrogens (tertiary/aromatic N) is 1. The number of hydrogen-bond acceptors (Lipinski definition) is 3. The Bertz CT molecular complexity index is 214. The smallest absolute Gasteiger partial charge is 0.156 e. The minimum absolute atomic E-state index is 0.380. The lowest BCUT2D eigenvalue weighted by Gasteiger charge is -2.07. The first-order chi connectivity index (χ1) is 6.88. The summed E-state index contributed by atoms with van der Waals surface area (Å²) in [5, 5.41) is 4.54. The second-order valence-electron chi connectivity index (χ2n) is 3.84. The largest absolute Gasteiger partial charge is 0.376 e. The van der Waals surface area contributed by atoms with E-state index in [-0.39, 0.29) is 0 Å². The van der Waals surface area contributed by atoms with Gasteiger partial charge in [-0.1, -0.05) is 18.7 Å². The number of thioether (sulfide) groups is 1. The summed E-state index contributed by atoms with van der Waals surface area (Å²) >= 11 is 1.84. The third-order valence-electron chi connectivity index (χ3n) is 2.70. The molecule has 2 atom stereocenters. The van der Waals surface area contributed by atoms with Gasteiger partial charge in [-0.3, -0.25) is 4.99 Å². The van der Waals surface area contributed by atoms with Crippen LogP contribution in [0.3, 0.4) is 0 Å². The fourth-order valence-electron chi connectivity index (χ4n) is 1.72. The molecule has 2 heterocycles. The van der Waals surface area contributed by atoms with Crippen LogP contribution in [0.2, 0.25) is 0 Å². The van der Waals surface area contributed by atoms with E-state index in [0.29, 0.717) is 12.1 Å². The number of hydrogen-bond donors (Lipinski definition) is 1. The maximum absolute atomic E-state index is 5.52. The van der Waals surface area contributed by atoms with Crippen molar-refractivity contribution >= 4 is 16.9 Å². The van der Waals surface area contributed by atoms with E-state index in [0.717, 1.165) is 18.3 Å². The molecule has 0 radical (unpaired) electrons. The third kappa shape index (κ3) is 2.64. The second kappa shape index (κ2) is 5.03. The summed E-state index contributed by atoms with van der Waals surface area (Å²) in [4.78, 5) is 4.55. The molecule has 80 valence electrons. The molecular weight excluding hydrogens is 196 g/mol. The first-order valence-electron chi connectivity index (χ1n) is 5.44. The molecule has 0 bridgehead atoms. The maximum Gasteiger partial charge on any atom is 0.156 e. The van der Waals surface area contributed by atoms with Gasteiger partial charge in [-0.05, 0) is 19.3 Å². The Balaban J connectivity index is 1.75. The number of ether oxygens (including phenoxy) is 1. The van der Waals surface area contributed by atoms with E-state index in [1.54, 1.807) is 0 Å². The van der Waals surface area contributed by atoms with Crippen molar-refractivity contribution in [3.8, 4) is 0 Å². The van der Waals surface area contributed by atoms with Gasteiger partial charge in [0.2, 0.25) is 0 Å². The van der Waals surface area contributed by atoms with Crippen LogP contribution in [0.15, 0.2) is 4.99 Å². The van der Waals surface area contributed by atoms with Crippen molar-refractivity contribution in [1.82, 2.24) is 5.32 Å². The third-order valence-corrected chi connectivity index (χ3v) is 3.79. The number of aliphatic imine (C=N–C) groups is 1. The molecule has 2 unspecified atom stereocenters. The van der Waals surface area contributed by atoms with Gasteiger partial charge in [0.05, 0.1) is 12.6 Å². The molecule has 2 aliphatic heterocycles. The molecule has 2 aliphatic rings. The first kappa shape index (κ1) is 10.3. The zero-order valence-corrected chi connectivity index (χ0v) is 9.48. The monoisotopic (exact) mass is 214 g/mol. The van der Waals surface area contributed by atoms with Crippen molar-refractivity contribution in [2.45, 2.75) is 38.3 Å². The van der Waals surface area contributed by atoms with Crippen LogP contribution < -0.4 is 5.32 Å². The Kier molecular flexibility index (Phi) is 3.70. The minimum atomic E-state index is 0.380. The van der Waals surface area contributed by atoms with Gasteiger partial charge in [0, 0.05) is 18.4 Å². The van der Waals surface area contributed by atoms with Crippen molar-refractivity contribution < 1.29 is 4.74 Å². The van der Waals surface area contributed by atoms with Crippen molar-refractivity contribution in [1.29, 1.82) is 0 Å².